The Labute approximate surface area is 109 Å². The third-order valence-corrected chi connectivity index (χ3v) is 3.92. The second-order valence-corrected chi connectivity index (χ2v) is 5.10. The van der Waals surface area contributed by atoms with Crippen LogP contribution < -0.4 is 0 Å². The molecule has 0 amide bonds. The zero-order chi connectivity index (χ0) is 12.4. The average molecular weight is 247 g/mol. The van der Waals surface area contributed by atoms with Crippen LogP contribution in [0.15, 0.2) is 30.3 Å². The van der Waals surface area contributed by atoms with Crippen molar-refractivity contribution in [1.29, 1.82) is 0 Å². The lowest BCUT2D eigenvalue weighted by molar-refractivity contribution is -0.262. The molecule has 0 bridgehead atoms. The maximum absolute atomic E-state index is 5.98. The first kappa shape index (κ1) is 12.2. The average Bonchev–Trinajstić information content (AvgIpc) is 2.82. The largest absolute Gasteiger partial charge is 0.351 e. The minimum atomic E-state index is -0.0377. The summed E-state index contributed by atoms with van der Waals surface area (Å²) in [4.78, 5) is 5.98. The Kier molecular flexibility index (Phi) is 3.64. The fourth-order valence-electron chi connectivity index (χ4n) is 3.11. The van der Waals surface area contributed by atoms with Crippen LogP contribution in [0.2, 0.25) is 0 Å². The van der Waals surface area contributed by atoms with Gasteiger partial charge in [-0.25, -0.2) is 0 Å². The van der Waals surface area contributed by atoms with Crippen LogP contribution in [0.25, 0.3) is 0 Å². The van der Waals surface area contributed by atoms with Gasteiger partial charge in [0, 0.05) is 19.1 Å². The van der Waals surface area contributed by atoms with Crippen LogP contribution in [0.5, 0.6) is 0 Å². The summed E-state index contributed by atoms with van der Waals surface area (Å²) in [5.74, 6) is 0. The van der Waals surface area contributed by atoms with Crippen molar-refractivity contribution < 1.29 is 9.57 Å². The number of fused-ring (bicyclic) bond motifs is 1. The lowest BCUT2D eigenvalue weighted by Crippen LogP contribution is -2.36. The molecule has 0 saturated carbocycles. The molecular formula is C15H21NO2. The van der Waals surface area contributed by atoms with Gasteiger partial charge in [-0.05, 0) is 31.7 Å². The van der Waals surface area contributed by atoms with Crippen molar-refractivity contribution in [1.82, 2.24) is 5.06 Å². The molecule has 2 aliphatic rings. The first-order valence-electron chi connectivity index (χ1n) is 7.00. The quantitative estimate of drug-likeness (QED) is 0.818. The molecule has 18 heavy (non-hydrogen) atoms. The first-order valence-corrected chi connectivity index (χ1v) is 7.00. The lowest BCUT2D eigenvalue weighted by atomic mass is 9.92. The maximum Gasteiger partial charge on any atom is 0.179 e. The van der Waals surface area contributed by atoms with Crippen LogP contribution in [0.4, 0.5) is 0 Å². The van der Waals surface area contributed by atoms with E-state index in [-0.39, 0.29) is 6.29 Å². The molecule has 1 aromatic rings. The van der Waals surface area contributed by atoms with Gasteiger partial charge in [0.25, 0.3) is 0 Å². The van der Waals surface area contributed by atoms with E-state index in [1.54, 1.807) is 0 Å². The summed E-state index contributed by atoms with van der Waals surface area (Å²) in [5, 5.41) is 2.19. The molecule has 1 aromatic carbocycles. The van der Waals surface area contributed by atoms with E-state index in [0.717, 1.165) is 13.0 Å². The molecule has 3 heteroatoms. The van der Waals surface area contributed by atoms with Gasteiger partial charge in [-0.3, -0.25) is 4.84 Å². The van der Waals surface area contributed by atoms with Gasteiger partial charge in [0.2, 0.25) is 0 Å². The van der Waals surface area contributed by atoms with E-state index in [2.05, 4.69) is 35.4 Å². The molecule has 0 N–H and O–H groups in total. The Balaban J connectivity index is 1.76. The zero-order valence-corrected chi connectivity index (χ0v) is 10.9. The fourth-order valence-corrected chi connectivity index (χ4v) is 3.11. The van der Waals surface area contributed by atoms with Gasteiger partial charge in [-0.1, -0.05) is 30.3 Å². The molecule has 2 heterocycles. The number of piperidine rings is 1. The summed E-state index contributed by atoms with van der Waals surface area (Å²) in [5.41, 5.74) is 1.36. The van der Waals surface area contributed by atoms with Crippen LogP contribution >= 0.6 is 0 Å². The van der Waals surface area contributed by atoms with Crippen molar-refractivity contribution >= 4 is 0 Å². The molecule has 3 atom stereocenters. The first-order chi connectivity index (χ1) is 8.88. The van der Waals surface area contributed by atoms with Crippen molar-refractivity contribution in [3.63, 3.8) is 0 Å². The molecule has 0 aromatic heterocycles. The smallest absolute Gasteiger partial charge is 0.179 e. The van der Waals surface area contributed by atoms with Gasteiger partial charge in [0.05, 0.1) is 6.04 Å². The fraction of sp³-hybridized carbons (Fsp3) is 0.600. The summed E-state index contributed by atoms with van der Waals surface area (Å²) in [7, 11) is 0. The van der Waals surface area contributed by atoms with Gasteiger partial charge in [-0.2, -0.15) is 5.06 Å². The molecule has 98 valence electrons. The van der Waals surface area contributed by atoms with E-state index >= 15 is 0 Å². The van der Waals surface area contributed by atoms with Crippen molar-refractivity contribution in [2.45, 2.75) is 51.0 Å². The molecule has 0 spiro atoms. The predicted octanol–water partition coefficient (Wildman–Crippen LogP) is 3.28. The number of rotatable bonds is 3. The number of benzene rings is 1. The van der Waals surface area contributed by atoms with Gasteiger partial charge >= 0.3 is 0 Å². The molecule has 0 radical (unpaired) electrons. The van der Waals surface area contributed by atoms with E-state index < -0.39 is 0 Å². The van der Waals surface area contributed by atoms with Crippen LogP contribution in [-0.2, 0) is 9.57 Å². The highest BCUT2D eigenvalue weighted by Crippen LogP contribution is 2.40. The molecule has 2 aliphatic heterocycles. The molecular weight excluding hydrogens is 226 g/mol. The summed E-state index contributed by atoms with van der Waals surface area (Å²) >= 11 is 0. The van der Waals surface area contributed by atoms with E-state index in [9.17, 15) is 0 Å². The summed E-state index contributed by atoms with van der Waals surface area (Å²) in [6.45, 7) is 2.75. The molecule has 2 fully saturated rings. The Bertz CT molecular complexity index is 381. The molecule has 3 rings (SSSR count). The minimum Gasteiger partial charge on any atom is -0.351 e. The monoisotopic (exact) mass is 247 g/mol. The van der Waals surface area contributed by atoms with Gasteiger partial charge in [0.1, 0.15) is 0 Å². The normalized spacial score (nSPS) is 32.4. The van der Waals surface area contributed by atoms with Crippen molar-refractivity contribution in [3.05, 3.63) is 35.9 Å². The molecule has 3 nitrogen and oxygen atoms in total. The van der Waals surface area contributed by atoms with Crippen molar-refractivity contribution in [2.24, 2.45) is 0 Å². The Morgan fingerprint density at radius 2 is 2.11 bits per heavy atom. The second-order valence-electron chi connectivity index (χ2n) is 5.10. The van der Waals surface area contributed by atoms with E-state index in [4.69, 9.17) is 9.57 Å². The second kappa shape index (κ2) is 5.39. The maximum atomic E-state index is 5.98. The van der Waals surface area contributed by atoms with Gasteiger partial charge in [0.15, 0.2) is 6.29 Å². The minimum absolute atomic E-state index is 0.0377. The van der Waals surface area contributed by atoms with Crippen LogP contribution in [-0.4, -0.2) is 24.0 Å². The standard InChI is InChI=1S/C15H21NO2/c1-2-17-15-11-13-9-6-10-14(16(13)18-15)12-7-4-3-5-8-12/h3-5,7-8,13-15H,2,6,9-11H2,1H3/t13-,14-,15-/m1/s1. The Morgan fingerprint density at radius 3 is 2.89 bits per heavy atom. The SMILES string of the molecule is CCO[C@H]1C[C@H]2CCC[C@H](c3ccccc3)N2O1. The Hall–Kier alpha value is -0.900. The van der Waals surface area contributed by atoms with Crippen LogP contribution in [0, 0.1) is 0 Å². The number of hydroxylamine groups is 2. The highest BCUT2D eigenvalue weighted by atomic mass is 16.8. The number of ether oxygens (including phenoxy) is 1. The number of nitrogens with zero attached hydrogens (tertiary/aromatic N) is 1. The summed E-state index contributed by atoms with van der Waals surface area (Å²) < 4.78 is 5.62. The van der Waals surface area contributed by atoms with E-state index in [0.29, 0.717) is 12.1 Å². The highest BCUT2D eigenvalue weighted by Gasteiger charge is 2.41. The zero-order valence-electron chi connectivity index (χ0n) is 10.9. The summed E-state index contributed by atoms with van der Waals surface area (Å²) in [6.07, 6.45) is 4.66. The highest BCUT2D eigenvalue weighted by molar-refractivity contribution is 5.19. The van der Waals surface area contributed by atoms with Crippen LogP contribution in [0.1, 0.15) is 44.2 Å². The van der Waals surface area contributed by atoms with Gasteiger partial charge < -0.3 is 4.74 Å². The topological polar surface area (TPSA) is 21.7 Å². The van der Waals surface area contributed by atoms with Crippen LogP contribution in [0.3, 0.4) is 0 Å². The molecule has 0 unspecified atom stereocenters. The molecule has 0 aliphatic carbocycles. The predicted molar refractivity (Wildman–Crippen MR) is 69.8 cm³/mol. The lowest BCUT2D eigenvalue weighted by Gasteiger charge is -2.35. The van der Waals surface area contributed by atoms with Crippen molar-refractivity contribution in [3.8, 4) is 0 Å². The Morgan fingerprint density at radius 1 is 1.28 bits per heavy atom. The molecule has 2 saturated heterocycles. The van der Waals surface area contributed by atoms with Gasteiger partial charge in [-0.15, -0.1) is 0 Å². The third-order valence-electron chi connectivity index (χ3n) is 3.92. The summed E-state index contributed by atoms with van der Waals surface area (Å²) in [6, 6.07) is 11.6. The van der Waals surface area contributed by atoms with E-state index in [1.807, 2.05) is 6.92 Å². The van der Waals surface area contributed by atoms with Crippen molar-refractivity contribution in [2.75, 3.05) is 6.61 Å². The number of hydrogen-bond acceptors (Lipinski definition) is 3. The third kappa shape index (κ3) is 2.30. The van der Waals surface area contributed by atoms with E-state index in [1.165, 1.54) is 24.8 Å². The number of hydrogen-bond donors (Lipinski definition) is 0.